The summed E-state index contributed by atoms with van der Waals surface area (Å²) in [6.45, 7) is 8.42. The van der Waals surface area contributed by atoms with Crippen LogP contribution < -0.4 is 0 Å². The second kappa shape index (κ2) is 6.32. The molecule has 0 amide bonds. The zero-order valence-electron chi connectivity index (χ0n) is 16.0. The van der Waals surface area contributed by atoms with E-state index in [4.69, 9.17) is 0 Å². The lowest BCUT2D eigenvalue weighted by Crippen LogP contribution is -2.52. The minimum absolute atomic E-state index is 0.0358. The summed E-state index contributed by atoms with van der Waals surface area (Å²) in [4.78, 5) is 27.8. The number of fused-ring (bicyclic) bond motifs is 5. The van der Waals surface area contributed by atoms with Crippen LogP contribution in [0.1, 0.15) is 72.6 Å². The van der Waals surface area contributed by atoms with Crippen molar-refractivity contribution in [3.63, 3.8) is 0 Å². The summed E-state index contributed by atoms with van der Waals surface area (Å²) >= 11 is 0. The molecule has 0 spiro atoms. The van der Waals surface area contributed by atoms with E-state index in [-0.39, 0.29) is 22.3 Å². The summed E-state index contributed by atoms with van der Waals surface area (Å²) in [6, 6.07) is 0. The largest absolute Gasteiger partial charge is 0.361 e. The van der Waals surface area contributed by atoms with Gasteiger partial charge in [0.1, 0.15) is 5.78 Å². The Morgan fingerprint density at radius 1 is 1.04 bits per heavy atom. The lowest BCUT2D eigenvalue weighted by Gasteiger charge is -2.54. The van der Waals surface area contributed by atoms with Gasteiger partial charge in [0.15, 0.2) is 0 Å². The normalized spacial score (nSPS) is 42.3. The van der Waals surface area contributed by atoms with Gasteiger partial charge in [-0.1, -0.05) is 33.8 Å². The van der Waals surface area contributed by atoms with Crippen LogP contribution >= 0.6 is 0 Å². The Morgan fingerprint density at radius 3 is 2.40 bits per heavy atom. The molecule has 0 aliphatic heterocycles. The molecule has 0 bridgehead atoms. The molecule has 4 heteroatoms. The highest BCUT2D eigenvalue weighted by atomic mass is 16.1. The van der Waals surface area contributed by atoms with Crippen molar-refractivity contribution in [1.82, 2.24) is 0 Å². The molecule has 4 rings (SSSR count). The molecule has 0 saturated heterocycles. The molecule has 4 nitrogen and oxygen atoms in total. The summed E-state index contributed by atoms with van der Waals surface area (Å²) < 4.78 is 0. The van der Waals surface area contributed by atoms with Crippen LogP contribution in [0.3, 0.4) is 0 Å². The van der Waals surface area contributed by atoms with Crippen molar-refractivity contribution in [1.29, 1.82) is 0 Å². The maximum absolute atomic E-state index is 12.4. The molecule has 0 N–H and O–H groups in total. The Kier molecular flexibility index (Phi) is 4.61. The number of hydrogen-bond acceptors (Lipinski definition) is 2. The number of nitrogens with zero attached hydrogens (tertiary/aromatic N) is 2. The molecule has 0 aromatic carbocycles. The highest BCUT2D eigenvalue weighted by molar-refractivity contribution is 6.44. The van der Waals surface area contributed by atoms with E-state index in [1.807, 2.05) is 13.8 Å². The van der Waals surface area contributed by atoms with Crippen LogP contribution in [-0.4, -0.2) is 22.1 Å². The first-order valence-corrected chi connectivity index (χ1v) is 9.91. The molecule has 136 valence electrons. The number of carbonyl (C=O) groups is 2. The lowest BCUT2D eigenvalue weighted by molar-refractivity contribution is -0.132. The lowest BCUT2D eigenvalue weighted by atomic mass is 9.48. The van der Waals surface area contributed by atoms with Gasteiger partial charge in [0.25, 0.3) is 0 Å². The molecular weight excluding hydrogens is 312 g/mol. The van der Waals surface area contributed by atoms with Crippen molar-refractivity contribution < 1.29 is 14.4 Å². The third kappa shape index (κ3) is 2.41. The van der Waals surface area contributed by atoms with Gasteiger partial charge < -0.3 is 5.53 Å². The van der Waals surface area contributed by atoms with Gasteiger partial charge in [0.2, 0.25) is 5.78 Å². The minimum atomic E-state index is -0.124. The van der Waals surface area contributed by atoms with Crippen LogP contribution in [0.2, 0.25) is 0 Å². The van der Waals surface area contributed by atoms with Gasteiger partial charge >= 0.3 is 5.71 Å². The summed E-state index contributed by atoms with van der Waals surface area (Å²) in [5.41, 5.74) is 10.4. The van der Waals surface area contributed by atoms with Crippen molar-refractivity contribution in [3.05, 3.63) is 17.2 Å². The molecule has 25 heavy (non-hydrogen) atoms. The highest BCUT2D eigenvalue weighted by Gasteiger charge is 2.60. The molecule has 0 aromatic rings. The van der Waals surface area contributed by atoms with Gasteiger partial charge in [-0.25, -0.2) is 0 Å². The predicted molar refractivity (Wildman–Crippen MR) is 97.1 cm³/mol. The van der Waals surface area contributed by atoms with Crippen molar-refractivity contribution >= 4 is 17.3 Å². The summed E-state index contributed by atoms with van der Waals surface area (Å²) in [5.74, 6) is 1.93. The molecule has 4 aliphatic rings. The predicted octanol–water partition coefficient (Wildman–Crippen LogP) is 4.39. The Balaban J connectivity index is 0.000000880. The summed E-state index contributed by atoms with van der Waals surface area (Å²) in [7, 11) is 0. The van der Waals surface area contributed by atoms with Gasteiger partial charge in [-0.3, -0.25) is 9.59 Å². The van der Waals surface area contributed by atoms with Gasteiger partial charge in [-0.15, -0.1) is 0 Å². The number of allylic oxidation sites excluding steroid dienone is 2. The molecule has 4 aliphatic carbocycles. The zero-order valence-corrected chi connectivity index (χ0v) is 16.0. The molecular formula is C21H30N2O2. The number of ketones is 2. The van der Waals surface area contributed by atoms with Gasteiger partial charge in [-0.05, 0) is 49.9 Å². The van der Waals surface area contributed by atoms with Crippen molar-refractivity contribution in [2.75, 3.05) is 0 Å². The second-order valence-corrected chi connectivity index (χ2v) is 8.44. The van der Waals surface area contributed by atoms with E-state index in [9.17, 15) is 15.1 Å². The maximum atomic E-state index is 12.4. The Labute approximate surface area is 150 Å². The average molecular weight is 342 g/mol. The van der Waals surface area contributed by atoms with E-state index < -0.39 is 0 Å². The Hall–Kier alpha value is -1.54. The van der Waals surface area contributed by atoms with Crippen LogP contribution in [0.5, 0.6) is 0 Å². The number of hydrogen-bond donors (Lipinski definition) is 0. The molecule has 0 heterocycles. The van der Waals surface area contributed by atoms with E-state index in [1.54, 1.807) is 0 Å². The van der Waals surface area contributed by atoms with Crippen LogP contribution in [0.15, 0.2) is 11.6 Å². The van der Waals surface area contributed by atoms with Crippen LogP contribution in [0.4, 0.5) is 0 Å². The van der Waals surface area contributed by atoms with Gasteiger partial charge in [-0.2, -0.15) is 4.79 Å². The fourth-order valence-electron chi connectivity index (χ4n) is 6.30. The van der Waals surface area contributed by atoms with Crippen LogP contribution in [0.25, 0.3) is 5.53 Å². The standard InChI is InChI=1S/C19H24N2O2.C2H6/c1-18-10-8-15(22)17(21-20)14(18)4-3-11-12-5-6-16(23)19(12,2)9-7-13(11)18;1-2/h4,11-13H,3,5-10H2,1-2H3;1-2H3/t11-,12-,13-,18+,19-;/m0./s1. The summed E-state index contributed by atoms with van der Waals surface area (Å²) in [6.07, 6.45) is 8.14. The molecule has 5 atom stereocenters. The molecule has 0 radical (unpaired) electrons. The van der Waals surface area contributed by atoms with Crippen molar-refractivity contribution in [3.8, 4) is 0 Å². The third-order valence-corrected chi connectivity index (χ3v) is 7.66. The van der Waals surface area contributed by atoms with E-state index in [0.717, 1.165) is 44.1 Å². The SMILES string of the molecule is CC.C[C@]12CCC(=O)C(=[N+]=[N-])C1=CC[C@@H]1[C@@H]2CC[C@]2(C)C(=O)CC[C@@H]12. The van der Waals surface area contributed by atoms with Crippen LogP contribution in [-0.2, 0) is 9.59 Å². The van der Waals surface area contributed by atoms with Crippen molar-refractivity contribution in [2.24, 2.45) is 28.6 Å². The minimum Gasteiger partial charge on any atom is -0.361 e. The first-order chi connectivity index (χ1) is 11.9. The van der Waals surface area contributed by atoms with Crippen molar-refractivity contribution in [2.45, 2.75) is 72.6 Å². The third-order valence-electron chi connectivity index (χ3n) is 7.66. The smallest absolute Gasteiger partial charge is 0.361 e. The van der Waals surface area contributed by atoms with E-state index >= 15 is 0 Å². The second-order valence-electron chi connectivity index (χ2n) is 8.44. The first kappa shape index (κ1) is 18.3. The first-order valence-electron chi connectivity index (χ1n) is 9.91. The Bertz CT molecular complexity index is 688. The Morgan fingerprint density at radius 2 is 1.72 bits per heavy atom. The zero-order chi connectivity index (χ0) is 18.4. The average Bonchev–Trinajstić information content (AvgIpc) is 2.92. The monoisotopic (exact) mass is 342 g/mol. The number of Topliss-reactive ketones (excluding diaryl/α,β-unsaturated/α-hetero) is 2. The summed E-state index contributed by atoms with van der Waals surface area (Å²) in [5, 5.41) is 0. The number of carbonyl (C=O) groups excluding carboxylic acids is 2. The van der Waals surface area contributed by atoms with Gasteiger partial charge in [0.05, 0.1) is 0 Å². The van der Waals surface area contributed by atoms with Crippen LogP contribution in [0, 0.1) is 28.6 Å². The fourth-order valence-corrected chi connectivity index (χ4v) is 6.30. The fraction of sp³-hybridized carbons (Fsp3) is 0.762. The van der Waals surface area contributed by atoms with E-state index in [0.29, 0.717) is 30.0 Å². The molecule has 3 fully saturated rings. The molecule has 0 unspecified atom stereocenters. The maximum Gasteiger partial charge on any atom is 0.361 e. The quantitative estimate of drug-likeness (QED) is 0.484. The topological polar surface area (TPSA) is 70.5 Å². The van der Waals surface area contributed by atoms with E-state index in [2.05, 4.69) is 24.7 Å². The number of rotatable bonds is 0. The van der Waals surface area contributed by atoms with E-state index in [1.165, 1.54) is 0 Å². The molecule has 3 saturated carbocycles. The highest BCUT2D eigenvalue weighted by Crippen LogP contribution is 2.63. The van der Waals surface area contributed by atoms with Gasteiger partial charge in [0, 0.05) is 29.2 Å². The molecule has 0 aromatic heterocycles.